The molecule has 1 N–H and O–H groups in total. The van der Waals surface area contributed by atoms with Crippen molar-refractivity contribution in [1.82, 2.24) is 9.97 Å². The van der Waals surface area contributed by atoms with Gasteiger partial charge in [0.05, 0.1) is 12.5 Å². The Balaban J connectivity index is 2.12. The quantitative estimate of drug-likeness (QED) is 0.844. The molecule has 0 spiro atoms. The normalized spacial score (nSPS) is 18.8. The third kappa shape index (κ3) is 3.37. The van der Waals surface area contributed by atoms with Crippen molar-refractivity contribution < 1.29 is 9.53 Å². The van der Waals surface area contributed by atoms with Gasteiger partial charge in [-0.05, 0) is 26.7 Å². The Hall–Kier alpha value is -1.85. The standard InChI is InChI=1S/C14H22N4O2/c1-4-20-13(19)11-6-5-7-18(9-11)14-16-10(2)8-12(15-3)17-14/h8,11H,4-7,9H2,1-3H3,(H,15,16,17)/t11-/m1/s1. The van der Waals surface area contributed by atoms with Gasteiger partial charge in [-0.3, -0.25) is 4.79 Å². The van der Waals surface area contributed by atoms with Crippen LogP contribution < -0.4 is 10.2 Å². The van der Waals surface area contributed by atoms with Crippen molar-refractivity contribution in [2.45, 2.75) is 26.7 Å². The van der Waals surface area contributed by atoms with E-state index in [0.717, 1.165) is 30.9 Å². The van der Waals surface area contributed by atoms with Gasteiger partial charge < -0.3 is 15.0 Å². The molecule has 0 bridgehead atoms. The van der Waals surface area contributed by atoms with Gasteiger partial charge in [0.1, 0.15) is 5.82 Å². The Morgan fingerprint density at radius 1 is 1.55 bits per heavy atom. The lowest BCUT2D eigenvalue weighted by Gasteiger charge is -2.31. The van der Waals surface area contributed by atoms with Crippen LogP contribution in [0.5, 0.6) is 0 Å². The van der Waals surface area contributed by atoms with E-state index in [1.54, 1.807) is 0 Å². The van der Waals surface area contributed by atoms with Crippen molar-refractivity contribution in [3.8, 4) is 0 Å². The molecule has 0 unspecified atom stereocenters. The smallest absolute Gasteiger partial charge is 0.310 e. The van der Waals surface area contributed by atoms with Crippen LogP contribution in [0, 0.1) is 12.8 Å². The number of carbonyl (C=O) groups excluding carboxylic acids is 1. The second kappa shape index (κ2) is 6.54. The number of aromatic nitrogens is 2. The van der Waals surface area contributed by atoms with Gasteiger partial charge in [-0.1, -0.05) is 0 Å². The first-order valence-corrected chi connectivity index (χ1v) is 7.09. The summed E-state index contributed by atoms with van der Waals surface area (Å²) >= 11 is 0. The molecule has 6 nitrogen and oxygen atoms in total. The number of aryl methyl sites for hydroxylation is 1. The van der Waals surface area contributed by atoms with Gasteiger partial charge in [0, 0.05) is 31.9 Å². The Bertz CT molecular complexity index is 478. The van der Waals surface area contributed by atoms with Gasteiger partial charge in [0.2, 0.25) is 5.95 Å². The first kappa shape index (κ1) is 14.6. The summed E-state index contributed by atoms with van der Waals surface area (Å²) in [6.07, 6.45) is 1.83. The molecule has 110 valence electrons. The topological polar surface area (TPSA) is 67.3 Å². The van der Waals surface area contributed by atoms with Crippen LogP contribution in [0.4, 0.5) is 11.8 Å². The van der Waals surface area contributed by atoms with Crippen LogP contribution in [0.3, 0.4) is 0 Å². The Kier molecular flexibility index (Phi) is 4.76. The second-order valence-corrected chi connectivity index (χ2v) is 4.98. The number of hydrogen-bond donors (Lipinski definition) is 1. The summed E-state index contributed by atoms with van der Waals surface area (Å²) in [7, 11) is 1.84. The number of hydrogen-bond acceptors (Lipinski definition) is 6. The molecule has 1 aliphatic heterocycles. The van der Waals surface area contributed by atoms with E-state index >= 15 is 0 Å². The van der Waals surface area contributed by atoms with Crippen molar-refractivity contribution in [3.63, 3.8) is 0 Å². The predicted octanol–water partition coefficient (Wildman–Crippen LogP) is 1.61. The fourth-order valence-electron chi connectivity index (χ4n) is 2.43. The molecule has 0 radical (unpaired) electrons. The molecule has 0 aliphatic carbocycles. The summed E-state index contributed by atoms with van der Waals surface area (Å²) in [5, 5.41) is 3.03. The van der Waals surface area contributed by atoms with Gasteiger partial charge in [-0.25, -0.2) is 4.98 Å². The average molecular weight is 278 g/mol. The average Bonchev–Trinajstić information content (AvgIpc) is 2.47. The number of anilines is 2. The van der Waals surface area contributed by atoms with E-state index in [4.69, 9.17) is 4.74 Å². The highest BCUT2D eigenvalue weighted by Crippen LogP contribution is 2.22. The lowest BCUT2D eigenvalue weighted by Crippen LogP contribution is -2.40. The first-order valence-electron chi connectivity index (χ1n) is 7.09. The number of carbonyl (C=O) groups is 1. The highest BCUT2D eigenvalue weighted by atomic mass is 16.5. The van der Waals surface area contributed by atoms with E-state index in [1.165, 1.54) is 0 Å². The van der Waals surface area contributed by atoms with E-state index < -0.39 is 0 Å². The summed E-state index contributed by atoms with van der Waals surface area (Å²) in [6.45, 7) is 5.72. The van der Waals surface area contributed by atoms with Crippen LogP contribution in [-0.4, -0.2) is 42.7 Å². The molecule has 0 saturated carbocycles. The number of esters is 1. The summed E-state index contributed by atoms with van der Waals surface area (Å²) in [6, 6.07) is 1.90. The molecule has 6 heteroatoms. The highest BCUT2D eigenvalue weighted by molar-refractivity contribution is 5.73. The molecule has 1 aliphatic rings. The Morgan fingerprint density at radius 2 is 2.35 bits per heavy atom. The summed E-state index contributed by atoms with van der Waals surface area (Å²) in [4.78, 5) is 22.9. The molecule has 1 fully saturated rings. The number of nitrogens with one attached hydrogen (secondary N) is 1. The van der Waals surface area contributed by atoms with Gasteiger partial charge >= 0.3 is 5.97 Å². The maximum atomic E-state index is 11.9. The Labute approximate surface area is 119 Å². The maximum Gasteiger partial charge on any atom is 0.310 e. The molecular weight excluding hydrogens is 256 g/mol. The van der Waals surface area contributed by atoms with Gasteiger partial charge in [0.15, 0.2) is 0 Å². The fraction of sp³-hybridized carbons (Fsp3) is 0.643. The number of ether oxygens (including phenoxy) is 1. The summed E-state index contributed by atoms with van der Waals surface area (Å²) < 4.78 is 5.12. The molecule has 2 rings (SSSR count). The van der Waals surface area contributed by atoms with E-state index in [1.807, 2.05) is 27.0 Å². The third-order valence-corrected chi connectivity index (χ3v) is 3.42. The number of nitrogens with zero attached hydrogens (tertiary/aromatic N) is 3. The minimum absolute atomic E-state index is 0.0779. The molecule has 20 heavy (non-hydrogen) atoms. The van der Waals surface area contributed by atoms with E-state index in [2.05, 4.69) is 20.2 Å². The fourth-order valence-corrected chi connectivity index (χ4v) is 2.43. The van der Waals surface area contributed by atoms with E-state index in [9.17, 15) is 4.79 Å². The maximum absolute atomic E-state index is 11.9. The summed E-state index contributed by atoms with van der Waals surface area (Å²) in [5.41, 5.74) is 0.914. The monoisotopic (exact) mass is 278 g/mol. The lowest BCUT2D eigenvalue weighted by atomic mass is 9.98. The van der Waals surface area contributed by atoms with Crippen LogP contribution in [0.1, 0.15) is 25.5 Å². The lowest BCUT2D eigenvalue weighted by molar-refractivity contribution is -0.148. The van der Waals surface area contributed by atoms with Gasteiger partial charge in [-0.2, -0.15) is 4.98 Å². The highest BCUT2D eigenvalue weighted by Gasteiger charge is 2.28. The largest absolute Gasteiger partial charge is 0.466 e. The van der Waals surface area contributed by atoms with Crippen molar-refractivity contribution in [2.24, 2.45) is 5.92 Å². The number of piperidine rings is 1. The molecule has 0 amide bonds. The molecule has 1 aromatic heterocycles. The minimum Gasteiger partial charge on any atom is -0.466 e. The van der Waals surface area contributed by atoms with Gasteiger partial charge in [-0.15, -0.1) is 0 Å². The van der Waals surface area contributed by atoms with Crippen molar-refractivity contribution in [2.75, 3.05) is 37.0 Å². The Morgan fingerprint density at radius 3 is 3.05 bits per heavy atom. The first-order chi connectivity index (χ1) is 9.63. The van der Waals surface area contributed by atoms with E-state index in [-0.39, 0.29) is 11.9 Å². The molecule has 2 heterocycles. The molecule has 1 aromatic rings. The SMILES string of the molecule is CCOC(=O)[C@@H]1CCCN(c2nc(C)cc(NC)n2)C1. The third-order valence-electron chi connectivity index (χ3n) is 3.42. The molecule has 1 saturated heterocycles. The molecular formula is C14H22N4O2. The minimum atomic E-state index is -0.112. The second-order valence-electron chi connectivity index (χ2n) is 4.98. The zero-order valence-electron chi connectivity index (χ0n) is 12.3. The zero-order chi connectivity index (χ0) is 14.5. The van der Waals surface area contributed by atoms with E-state index in [0.29, 0.717) is 19.1 Å². The predicted molar refractivity (Wildman–Crippen MR) is 77.9 cm³/mol. The van der Waals surface area contributed by atoms with Crippen LogP contribution in [0.2, 0.25) is 0 Å². The van der Waals surface area contributed by atoms with Crippen LogP contribution in [0.15, 0.2) is 6.07 Å². The van der Waals surface area contributed by atoms with Crippen LogP contribution >= 0.6 is 0 Å². The summed E-state index contributed by atoms with van der Waals surface area (Å²) in [5.74, 6) is 1.29. The van der Waals surface area contributed by atoms with Crippen molar-refractivity contribution >= 4 is 17.7 Å². The number of rotatable bonds is 4. The van der Waals surface area contributed by atoms with Crippen LogP contribution in [-0.2, 0) is 9.53 Å². The van der Waals surface area contributed by atoms with Gasteiger partial charge in [0.25, 0.3) is 0 Å². The van der Waals surface area contributed by atoms with Crippen LogP contribution in [0.25, 0.3) is 0 Å². The molecule has 0 aromatic carbocycles. The molecule has 1 atom stereocenters. The van der Waals surface area contributed by atoms with Crippen molar-refractivity contribution in [1.29, 1.82) is 0 Å². The van der Waals surface area contributed by atoms with Crippen molar-refractivity contribution in [3.05, 3.63) is 11.8 Å². The zero-order valence-corrected chi connectivity index (χ0v) is 12.3.